The Morgan fingerprint density at radius 1 is 1.31 bits per heavy atom. The second-order valence-corrected chi connectivity index (χ2v) is 6.75. The van der Waals surface area contributed by atoms with E-state index >= 15 is 0 Å². The molecular formula is C19H21N5O2. The minimum absolute atomic E-state index is 0.0324. The molecule has 134 valence electrons. The van der Waals surface area contributed by atoms with E-state index in [0.29, 0.717) is 18.5 Å². The molecule has 1 saturated heterocycles. The van der Waals surface area contributed by atoms with Gasteiger partial charge in [0.15, 0.2) is 0 Å². The lowest BCUT2D eigenvalue weighted by molar-refractivity contribution is -0.133. The number of aromatic amines is 1. The van der Waals surface area contributed by atoms with E-state index in [4.69, 9.17) is 0 Å². The van der Waals surface area contributed by atoms with Crippen molar-refractivity contribution >= 4 is 16.7 Å². The van der Waals surface area contributed by atoms with Gasteiger partial charge in [0.1, 0.15) is 12.4 Å². The Kier molecular flexibility index (Phi) is 4.28. The van der Waals surface area contributed by atoms with Crippen LogP contribution in [0.4, 0.5) is 0 Å². The van der Waals surface area contributed by atoms with Gasteiger partial charge in [-0.15, -0.1) is 0 Å². The summed E-state index contributed by atoms with van der Waals surface area (Å²) in [7, 11) is 0. The van der Waals surface area contributed by atoms with Crippen LogP contribution in [0.15, 0.2) is 41.5 Å². The molecule has 1 atom stereocenters. The van der Waals surface area contributed by atoms with Crippen LogP contribution in [0.2, 0.25) is 0 Å². The van der Waals surface area contributed by atoms with E-state index in [1.165, 1.54) is 4.68 Å². The topological polar surface area (TPSA) is 83.9 Å². The molecule has 0 spiro atoms. The normalized spacial score (nSPS) is 17.6. The Labute approximate surface area is 150 Å². The molecule has 3 heterocycles. The van der Waals surface area contributed by atoms with Crippen LogP contribution in [0.5, 0.6) is 0 Å². The molecule has 26 heavy (non-hydrogen) atoms. The van der Waals surface area contributed by atoms with Gasteiger partial charge in [0.2, 0.25) is 5.91 Å². The number of nitrogens with zero attached hydrogens (tertiary/aromatic N) is 4. The Morgan fingerprint density at radius 3 is 2.88 bits per heavy atom. The van der Waals surface area contributed by atoms with Gasteiger partial charge >= 0.3 is 0 Å². The Balaban J connectivity index is 1.56. The Bertz CT molecular complexity index is 993. The number of nitrogens with one attached hydrogen (secondary N) is 1. The van der Waals surface area contributed by atoms with Gasteiger partial charge in [-0.05, 0) is 25.8 Å². The van der Waals surface area contributed by atoms with Crippen molar-refractivity contribution in [2.45, 2.75) is 32.2 Å². The molecule has 0 aliphatic carbocycles. The molecule has 7 heteroatoms. The highest BCUT2D eigenvalue weighted by Gasteiger charge is 2.26. The first kappa shape index (κ1) is 16.5. The highest BCUT2D eigenvalue weighted by atomic mass is 16.2. The third-order valence-corrected chi connectivity index (χ3v) is 5.02. The first-order valence-corrected chi connectivity index (χ1v) is 8.87. The average molecular weight is 351 g/mol. The lowest BCUT2D eigenvalue weighted by Gasteiger charge is -2.32. The molecule has 7 nitrogen and oxygen atoms in total. The predicted octanol–water partition coefficient (Wildman–Crippen LogP) is 1.83. The van der Waals surface area contributed by atoms with Crippen LogP contribution in [-0.2, 0) is 11.3 Å². The summed E-state index contributed by atoms with van der Waals surface area (Å²) >= 11 is 0. The number of hydrogen-bond donors (Lipinski definition) is 1. The minimum Gasteiger partial charge on any atom is -0.348 e. The zero-order valence-corrected chi connectivity index (χ0v) is 14.7. The number of aromatic nitrogens is 4. The third-order valence-electron chi connectivity index (χ3n) is 5.02. The maximum Gasteiger partial charge on any atom is 0.275 e. The molecule has 0 saturated carbocycles. The van der Waals surface area contributed by atoms with Crippen molar-refractivity contribution in [1.82, 2.24) is 24.6 Å². The van der Waals surface area contributed by atoms with E-state index < -0.39 is 0 Å². The van der Waals surface area contributed by atoms with E-state index in [0.717, 1.165) is 29.7 Å². The van der Waals surface area contributed by atoms with Gasteiger partial charge in [-0.1, -0.05) is 18.2 Å². The first-order valence-electron chi connectivity index (χ1n) is 8.87. The Hall–Kier alpha value is -2.96. The minimum atomic E-state index is -0.223. The number of benzene rings is 1. The number of carbonyl (C=O) groups is 1. The zero-order chi connectivity index (χ0) is 18.1. The van der Waals surface area contributed by atoms with Gasteiger partial charge in [-0.2, -0.15) is 5.10 Å². The van der Waals surface area contributed by atoms with E-state index in [1.54, 1.807) is 18.5 Å². The molecule has 1 N–H and O–H groups in total. The first-order chi connectivity index (χ1) is 12.6. The van der Waals surface area contributed by atoms with Crippen molar-refractivity contribution in [3.63, 3.8) is 0 Å². The number of aryl methyl sites for hydroxylation is 1. The molecule has 0 radical (unpaired) electrons. The fraction of sp³-hybridized carbons (Fsp3) is 0.368. The van der Waals surface area contributed by atoms with Gasteiger partial charge in [0.05, 0.1) is 11.1 Å². The van der Waals surface area contributed by atoms with E-state index in [1.807, 2.05) is 30.0 Å². The van der Waals surface area contributed by atoms with Gasteiger partial charge in [-0.3, -0.25) is 9.59 Å². The van der Waals surface area contributed by atoms with E-state index in [9.17, 15) is 9.59 Å². The van der Waals surface area contributed by atoms with E-state index in [-0.39, 0.29) is 23.9 Å². The molecule has 1 amide bonds. The molecule has 1 aliphatic heterocycles. The number of fused-ring (bicyclic) bond motifs is 1. The third kappa shape index (κ3) is 3.00. The highest BCUT2D eigenvalue weighted by Crippen LogP contribution is 2.24. The summed E-state index contributed by atoms with van der Waals surface area (Å²) in [5.41, 5.74) is 0.527. The van der Waals surface area contributed by atoms with Crippen molar-refractivity contribution in [1.29, 1.82) is 0 Å². The second kappa shape index (κ2) is 6.74. The summed E-state index contributed by atoms with van der Waals surface area (Å²) in [6, 6.07) is 7.37. The maximum absolute atomic E-state index is 12.8. The molecule has 4 rings (SSSR count). The van der Waals surface area contributed by atoms with Crippen molar-refractivity contribution in [2.24, 2.45) is 0 Å². The van der Waals surface area contributed by atoms with Gasteiger partial charge in [0.25, 0.3) is 5.56 Å². The quantitative estimate of drug-likeness (QED) is 0.780. The van der Waals surface area contributed by atoms with Crippen molar-refractivity contribution in [2.75, 3.05) is 13.1 Å². The molecule has 1 aromatic carbocycles. The van der Waals surface area contributed by atoms with Crippen LogP contribution >= 0.6 is 0 Å². The summed E-state index contributed by atoms with van der Waals surface area (Å²) < 4.78 is 1.29. The largest absolute Gasteiger partial charge is 0.348 e. The van der Waals surface area contributed by atoms with Crippen LogP contribution in [0.25, 0.3) is 10.8 Å². The number of carbonyl (C=O) groups excluding carboxylic acids is 1. The number of rotatable bonds is 3. The summed E-state index contributed by atoms with van der Waals surface area (Å²) in [6.45, 7) is 3.15. The Morgan fingerprint density at radius 2 is 2.12 bits per heavy atom. The predicted molar refractivity (Wildman–Crippen MR) is 97.9 cm³/mol. The SMILES string of the molecule is Cc1nn(CC(=O)N2CCC[C@H](c3ncc[nH]3)C2)c(=O)c2ccccc12. The summed E-state index contributed by atoms with van der Waals surface area (Å²) in [5, 5.41) is 5.77. The summed E-state index contributed by atoms with van der Waals surface area (Å²) in [4.78, 5) is 34.7. The van der Waals surface area contributed by atoms with Gasteiger partial charge < -0.3 is 9.88 Å². The second-order valence-electron chi connectivity index (χ2n) is 6.75. The average Bonchev–Trinajstić information content (AvgIpc) is 3.21. The van der Waals surface area contributed by atoms with E-state index in [2.05, 4.69) is 15.1 Å². The molecule has 1 fully saturated rings. The number of piperidine rings is 1. The summed E-state index contributed by atoms with van der Waals surface area (Å²) in [6.07, 6.45) is 5.47. The molecule has 0 bridgehead atoms. The standard InChI is InChI=1S/C19H21N5O2/c1-13-15-6-2-3-7-16(15)19(26)24(22-13)12-17(25)23-10-4-5-14(11-23)18-20-8-9-21-18/h2-3,6-9,14H,4-5,10-12H2,1H3,(H,20,21)/t14-/m0/s1. The lowest BCUT2D eigenvalue weighted by Crippen LogP contribution is -2.42. The van der Waals surface area contributed by atoms with Crippen LogP contribution in [-0.4, -0.2) is 43.6 Å². The lowest BCUT2D eigenvalue weighted by atomic mass is 9.97. The number of H-pyrrole nitrogens is 1. The number of imidazole rings is 1. The van der Waals surface area contributed by atoms with Crippen molar-refractivity contribution in [3.05, 3.63) is 58.5 Å². The maximum atomic E-state index is 12.8. The zero-order valence-electron chi connectivity index (χ0n) is 14.7. The van der Waals surface area contributed by atoms with Crippen LogP contribution in [0.1, 0.15) is 30.3 Å². The highest BCUT2D eigenvalue weighted by molar-refractivity contribution is 5.83. The van der Waals surface area contributed by atoms with Gasteiger partial charge in [0, 0.05) is 36.8 Å². The van der Waals surface area contributed by atoms with Crippen LogP contribution in [0.3, 0.4) is 0 Å². The molecule has 3 aromatic rings. The van der Waals surface area contributed by atoms with Crippen molar-refractivity contribution in [3.8, 4) is 0 Å². The monoisotopic (exact) mass is 351 g/mol. The molecule has 2 aromatic heterocycles. The van der Waals surface area contributed by atoms with Crippen LogP contribution in [0, 0.1) is 6.92 Å². The molecule has 1 aliphatic rings. The van der Waals surface area contributed by atoms with Crippen molar-refractivity contribution < 1.29 is 4.79 Å². The smallest absolute Gasteiger partial charge is 0.275 e. The number of hydrogen-bond acceptors (Lipinski definition) is 4. The van der Waals surface area contributed by atoms with Gasteiger partial charge in [-0.25, -0.2) is 9.67 Å². The molecular weight excluding hydrogens is 330 g/mol. The fourth-order valence-corrected chi connectivity index (χ4v) is 3.67. The summed E-state index contributed by atoms with van der Waals surface area (Å²) in [5.74, 6) is 1.05. The number of amides is 1. The van der Waals surface area contributed by atoms with Crippen LogP contribution < -0.4 is 5.56 Å². The number of likely N-dealkylation sites (tertiary alicyclic amines) is 1. The molecule has 0 unspecified atom stereocenters. The fourth-order valence-electron chi connectivity index (χ4n) is 3.67.